The Kier molecular flexibility index (Phi) is 6.54. The normalized spacial score (nSPS) is 11.6. The highest BCUT2D eigenvalue weighted by Crippen LogP contribution is 2.17. The van der Waals surface area contributed by atoms with E-state index in [0.29, 0.717) is 6.54 Å². The van der Waals surface area contributed by atoms with Crippen molar-refractivity contribution in [3.05, 3.63) is 51.7 Å². The lowest BCUT2D eigenvalue weighted by molar-refractivity contribution is 0.795. The zero-order valence-electron chi connectivity index (χ0n) is 15.9. The third-order valence-corrected chi connectivity index (χ3v) is 5.22. The predicted molar refractivity (Wildman–Crippen MR) is 110 cm³/mol. The van der Waals surface area contributed by atoms with Crippen molar-refractivity contribution in [3.8, 4) is 11.4 Å². The number of aromatic nitrogens is 4. The number of rotatable bonds is 7. The molecule has 0 aliphatic heterocycles. The Hall–Kier alpha value is -2.74. The summed E-state index contributed by atoms with van der Waals surface area (Å²) in [5.41, 5.74) is 3.25. The summed E-state index contributed by atoms with van der Waals surface area (Å²) in [5.74, 6) is 1.58. The van der Waals surface area contributed by atoms with Gasteiger partial charge in [0.25, 0.3) is 0 Å². The molecular weight excluding hydrogens is 358 g/mol. The Bertz CT molecular complexity index is 864. The van der Waals surface area contributed by atoms with Crippen molar-refractivity contribution >= 4 is 17.3 Å². The number of H-pyrrole nitrogens is 1. The third kappa shape index (κ3) is 5.37. The van der Waals surface area contributed by atoms with Crippen LogP contribution in [0.1, 0.15) is 28.1 Å². The van der Waals surface area contributed by atoms with Crippen molar-refractivity contribution in [1.29, 1.82) is 0 Å². The first-order valence-electron chi connectivity index (χ1n) is 9.05. The molecule has 0 saturated carbocycles. The lowest BCUT2D eigenvalue weighted by atomic mass is 10.1. The average molecular weight is 384 g/mol. The van der Waals surface area contributed by atoms with E-state index < -0.39 is 0 Å². The van der Waals surface area contributed by atoms with Gasteiger partial charge in [0.1, 0.15) is 6.33 Å². The molecule has 0 atom stereocenters. The van der Waals surface area contributed by atoms with Crippen LogP contribution in [0.15, 0.2) is 35.6 Å². The van der Waals surface area contributed by atoms with Gasteiger partial charge in [0.2, 0.25) is 0 Å². The zero-order chi connectivity index (χ0) is 19.1. The maximum atomic E-state index is 4.69. The second-order valence-electron chi connectivity index (χ2n) is 6.16. The maximum absolute atomic E-state index is 4.69. The van der Waals surface area contributed by atoms with Crippen LogP contribution >= 0.6 is 11.3 Å². The molecule has 0 bridgehead atoms. The summed E-state index contributed by atoms with van der Waals surface area (Å²) in [6.45, 7) is 8.45. The second-order valence-corrected chi connectivity index (χ2v) is 7.44. The van der Waals surface area contributed by atoms with Gasteiger partial charge in [-0.15, -0.1) is 11.3 Å². The van der Waals surface area contributed by atoms with E-state index in [1.165, 1.54) is 11.2 Å². The minimum absolute atomic E-state index is 0.590. The van der Waals surface area contributed by atoms with E-state index in [1.54, 1.807) is 11.3 Å². The van der Waals surface area contributed by atoms with Crippen molar-refractivity contribution in [2.75, 3.05) is 13.1 Å². The van der Waals surface area contributed by atoms with Gasteiger partial charge in [0.05, 0.1) is 17.2 Å². The molecule has 0 unspecified atom stereocenters. The van der Waals surface area contributed by atoms with Crippen molar-refractivity contribution in [3.63, 3.8) is 0 Å². The van der Waals surface area contributed by atoms with Crippen LogP contribution in [0.3, 0.4) is 0 Å². The van der Waals surface area contributed by atoms with Crippen molar-refractivity contribution in [2.45, 2.75) is 33.7 Å². The van der Waals surface area contributed by atoms with E-state index in [1.807, 2.05) is 12.1 Å². The van der Waals surface area contributed by atoms with Gasteiger partial charge in [-0.25, -0.2) is 15.0 Å². The van der Waals surface area contributed by atoms with Crippen molar-refractivity contribution in [1.82, 2.24) is 30.8 Å². The largest absolute Gasteiger partial charge is 0.357 e. The topological polar surface area (TPSA) is 90.9 Å². The number of aromatic amines is 1. The molecule has 8 heteroatoms. The van der Waals surface area contributed by atoms with E-state index in [-0.39, 0.29) is 0 Å². The fourth-order valence-corrected chi connectivity index (χ4v) is 3.54. The number of aliphatic imine (C=N–C) groups is 1. The monoisotopic (exact) mass is 383 g/mol. The van der Waals surface area contributed by atoms with Gasteiger partial charge in [-0.3, -0.25) is 5.10 Å². The van der Waals surface area contributed by atoms with Gasteiger partial charge >= 0.3 is 0 Å². The maximum Gasteiger partial charge on any atom is 0.191 e. The number of nitrogens with zero attached hydrogens (tertiary/aromatic N) is 4. The van der Waals surface area contributed by atoms with Crippen molar-refractivity contribution in [2.24, 2.45) is 4.99 Å². The van der Waals surface area contributed by atoms with Gasteiger partial charge < -0.3 is 10.6 Å². The molecule has 2 aromatic heterocycles. The molecule has 0 aliphatic rings. The standard InChI is InChI=1S/C19H25N7S/c1-4-20-19(21-9-8-17-25-13(2)14(3)27-17)22-11-15-6-5-7-16(10-15)18-23-12-24-26-18/h5-7,10,12H,4,8-9,11H2,1-3H3,(H2,20,21,22)(H,23,24,26). The number of benzene rings is 1. The van der Waals surface area contributed by atoms with Crippen LogP contribution in [0.4, 0.5) is 0 Å². The number of thiazole rings is 1. The highest BCUT2D eigenvalue weighted by molar-refractivity contribution is 7.11. The molecular formula is C19H25N7S. The summed E-state index contributed by atoms with van der Waals surface area (Å²) in [6.07, 6.45) is 2.41. The van der Waals surface area contributed by atoms with Crippen LogP contribution in [0.2, 0.25) is 0 Å². The molecule has 0 aliphatic carbocycles. The van der Waals surface area contributed by atoms with Crippen LogP contribution in [0.25, 0.3) is 11.4 Å². The SMILES string of the molecule is CCNC(=NCc1cccc(-c2ncn[nH]2)c1)NCCc1nc(C)c(C)s1. The minimum Gasteiger partial charge on any atom is -0.357 e. The molecule has 27 heavy (non-hydrogen) atoms. The highest BCUT2D eigenvalue weighted by atomic mass is 32.1. The first kappa shape index (κ1) is 19.0. The molecule has 0 radical (unpaired) electrons. The smallest absolute Gasteiger partial charge is 0.191 e. The second kappa shape index (κ2) is 9.27. The Morgan fingerprint density at radius 2 is 2.15 bits per heavy atom. The summed E-state index contributed by atoms with van der Waals surface area (Å²) in [7, 11) is 0. The summed E-state index contributed by atoms with van der Waals surface area (Å²) >= 11 is 1.76. The number of aryl methyl sites for hydroxylation is 2. The van der Waals surface area contributed by atoms with E-state index in [2.05, 4.69) is 63.7 Å². The fraction of sp³-hybridized carbons (Fsp3) is 0.368. The molecule has 3 rings (SSSR count). The number of guanidine groups is 1. The summed E-state index contributed by atoms with van der Waals surface area (Å²) in [5, 5.41) is 14.6. The molecule has 0 amide bonds. The molecule has 0 spiro atoms. The molecule has 0 fully saturated rings. The Balaban J connectivity index is 1.59. The number of nitrogens with one attached hydrogen (secondary N) is 3. The highest BCUT2D eigenvalue weighted by Gasteiger charge is 2.05. The van der Waals surface area contributed by atoms with E-state index in [4.69, 9.17) is 4.99 Å². The molecule has 0 saturated heterocycles. The van der Waals surface area contributed by atoms with Gasteiger partial charge in [0, 0.05) is 30.0 Å². The molecule has 3 aromatic rings. The van der Waals surface area contributed by atoms with Crippen molar-refractivity contribution < 1.29 is 0 Å². The number of hydrogen-bond acceptors (Lipinski definition) is 5. The fourth-order valence-electron chi connectivity index (χ4n) is 2.61. The number of hydrogen-bond donors (Lipinski definition) is 3. The molecule has 1 aromatic carbocycles. The van der Waals surface area contributed by atoms with Crippen LogP contribution in [-0.4, -0.2) is 39.2 Å². The van der Waals surface area contributed by atoms with Gasteiger partial charge in [-0.05, 0) is 32.4 Å². The Morgan fingerprint density at radius 3 is 2.85 bits per heavy atom. The third-order valence-electron chi connectivity index (χ3n) is 4.08. The van der Waals surface area contributed by atoms with E-state index in [9.17, 15) is 0 Å². The summed E-state index contributed by atoms with van der Waals surface area (Å²) in [6, 6.07) is 8.16. The van der Waals surface area contributed by atoms with Crippen LogP contribution < -0.4 is 10.6 Å². The molecule has 7 nitrogen and oxygen atoms in total. The predicted octanol–water partition coefficient (Wildman–Crippen LogP) is 2.84. The average Bonchev–Trinajstić information content (AvgIpc) is 3.30. The van der Waals surface area contributed by atoms with Crippen LogP contribution in [0, 0.1) is 13.8 Å². The van der Waals surface area contributed by atoms with Gasteiger partial charge in [-0.2, -0.15) is 5.10 Å². The lowest BCUT2D eigenvalue weighted by Crippen LogP contribution is -2.38. The molecule has 142 valence electrons. The minimum atomic E-state index is 0.590. The van der Waals surface area contributed by atoms with Gasteiger partial charge in [0.15, 0.2) is 11.8 Å². The Morgan fingerprint density at radius 1 is 1.26 bits per heavy atom. The first-order valence-corrected chi connectivity index (χ1v) is 9.87. The quantitative estimate of drug-likeness (QED) is 0.431. The van der Waals surface area contributed by atoms with Gasteiger partial charge in [-0.1, -0.05) is 18.2 Å². The van der Waals surface area contributed by atoms with E-state index >= 15 is 0 Å². The first-order chi connectivity index (χ1) is 13.2. The van der Waals surface area contributed by atoms with E-state index in [0.717, 1.165) is 53.1 Å². The molecule has 3 N–H and O–H groups in total. The summed E-state index contributed by atoms with van der Waals surface area (Å²) in [4.78, 5) is 14.8. The zero-order valence-corrected chi connectivity index (χ0v) is 16.7. The lowest BCUT2D eigenvalue weighted by Gasteiger charge is -2.11. The van der Waals surface area contributed by atoms with Crippen LogP contribution in [-0.2, 0) is 13.0 Å². The summed E-state index contributed by atoms with van der Waals surface area (Å²) < 4.78 is 0. The molecule has 2 heterocycles. The Labute approximate surface area is 163 Å². The van der Waals surface area contributed by atoms with Crippen LogP contribution in [0.5, 0.6) is 0 Å².